The maximum absolute atomic E-state index is 14.2. The van der Waals surface area contributed by atoms with Crippen LogP contribution in [0.1, 0.15) is 12.5 Å². The maximum Gasteiger partial charge on any atom is 0.157 e. The number of aromatic nitrogens is 4. The minimum atomic E-state index is -0.357. The van der Waals surface area contributed by atoms with Crippen LogP contribution in [0.4, 0.5) is 27.5 Å². The Morgan fingerprint density at radius 3 is 2.56 bits per heavy atom. The van der Waals surface area contributed by atoms with E-state index in [9.17, 15) is 9.65 Å². The molecule has 2 N–H and O–H groups in total. The second-order valence-electron chi connectivity index (χ2n) is 7.24. The minimum Gasteiger partial charge on any atom is -0.382 e. The van der Waals surface area contributed by atoms with E-state index in [-0.39, 0.29) is 17.2 Å². The molecule has 0 aliphatic heterocycles. The predicted octanol–water partition coefficient (Wildman–Crippen LogP) is 3.90. The number of halogens is 1. The summed E-state index contributed by atoms with van der Waals surface area (Å²) in [7, 11) is 3.77. The van der Waals surface area contributed by atoms with E-state index in [0.29, 0.717) is 40.3 Å². The van der Waals surface area contributed by atoms with Crippen molar-refractivity contribution in [3.63, 3.8) is 0 Å². The summed E-state index contributed by atoms with van der Waals surface area (Å²) in [6, 6.07) is 12.1. The Hall–Kier alpha value is -4.32. The number of hydrogen-bond acceptors (Lipinski definition) is 8. The highest BCUT2D eigenvalue weighted by atomic mass is 19.1. The lowest BCUT2D eigenvalue weighted by Gasteiger charge is -2.28. The minimum absolute atomic E-state index is 0.0889. The summed E-state index contributed by atoms with van der Waals surface area (Å²) in [5.41, 5.74) is 8.82. The Labute approximate surface area is 184 Å². The number of rotatable bonds is 5. The molecule has 0 aliphatic rings. The molecule has 0 saturated carbocycles. The van der Waals surface area contributed by atoms with Crippen LogP contribution in [0.5, 0.6) is 0 Å². The zero-order valence-electron chi connectivity index (χ0n) is 17.9. The average Bonchev–Trinajstić information content (AvgIpc) is 2.79. The van der Waals surface area contributed by atoms with Gasteiger partial charge in [0.05, 0.1) is 22.5 Å². The monoisotopic (exact) mass is 428 g/mol. The van der Waals surface area contributed by atoms with E-state index in [0.717, 1.165) is 5.69 Å². The summed E-state index contributed by atoms with van der Waals surface area (Å²) in [5.74, 6) is 0.609. The number of anilines is 4. The number of nitrogens with two attached hydrogens (primary N) is 1. The van der Waals surface area contributed by atoms with Gasteiger partial charge in [-0.15, -0.1) is 0 Å². The van der Waals surface area contributed by atoms with Crippen molar-refractivity contribution in [2.24, 2.45) is 0 Å². The molecule has 4 aromatic rings. The Balaban J connectivity index is 2.14. The summed E-state index contributed by atoms with van der Waals surface area (Å²) < 4.78 is 14.2. The number of hydrogen-bond donors (Lipinski definition) is 1. The fourth-order valence-corrected chi connectivity index (χ4v) is 3.71. The van der Waals surface area contributed by atoms with Gasteiger partial charge in [-0.2, -0.15) is 5.26 Å². The first-order valence-corrected chi connectivity index (χ1v) is 9.96. The molecule has 0 spiro atoms. The molecule has 3 aromatic heterocycles. The van der Waals surface area contributed by atoms with Crippen molar-refractivity contribution in [2.75, 3.05) is 36.2 Å². The molecule has 0 unspecified atom stereocenters. The number of nitrogen functional groups attached to an aromatic ring is 1. The number of nitrogens with zero attached hydrogens (tertiary/aromatic N) is 7. The smallest absolute Gasteiger partial charge is 0.157 e. The lowest BCUT2D eigenvalue weighted by atomic mass is 10.0. The Morgan fingerprint density at radius 2 is 1.91 bits per heavy atom. The molecule has 1 aromatic carbocycles. The molecule has 0 radical (unpaired) electrons. The number of fused-ring (bicyclic) bond motifs is 1. The predicted molar refractivity (Wildman–Crippen MR) is 123 cm³/mol. The number of pyridine rings is 2. The van der Waals surface area contributed by atoms with Crippen LogP contribution in [0.2, 0.25) is 0 Å². The highest BCUT2D eigenvalue weighted by Gasteiger charge is 2.26. The van der Waals surface area contributed by atoms with Crippen molar-refractivity contribution in [3.8, 4) is 17.3 Å². The maximum atomic E-state index is 14.2. The molecular formula is C23H21FN8. The standard InChI is InChI=1S/C23H21FN8/c1-4-32(22-16(12-25)21(26)28-13-29-22)23-19(18-7-5-6-10-27-18)20(31(2)3)15-11-14(24)8-9-17(15)30-23/h5-11,13H,4H2,1-3H3,(H2,26,28,29). The van der Waals surface area contributed by atoms with Gasteiger partial charge in [0.15, 0.2) is 5.82 Å². The highest BCUT2D eigenvalue weighted by Crippen LogP contribution is 2.43. The van der Waals surface area contributed by atoms with Crippen molar-refractivity contribution < 1.29 is 4.39 Å². The molecule has 4 rings (SSSR count). The van der Waals surface area contributed by atoms with Crippen LogP contribution < -0.4 is 15.5 Å². The number of nitriles is 1. The van der Waals surface area contributed by atoms with Gasteiger partial charge < -0.3 is 15.5 Å². The summed E-state index contributed by atoms with van der Waals surface area (Å²) >= 11 is 0. The van der Waals surface area contributed by atoms with Crippen molar-refractivity contribution in [1.82, 2.24) is 19.9 Å². The molecule has 32 heavy (non-hydrogen) atoms. The first-order chi connectivity index (χ1) is 15.5. The van der Waals surface area contributed by atoms with Gasteiger partial charge in [0.25, 0.3) is 0 Å². The van der Waals surface area contributed by atoms with Crippen molar-refractivity contribution in [1.29, 1.82) is 5.26 Å². The molecule has 0 aliphatic carbocycles. The third kappa shape index (κ3) is 3.52. The third-order valence-corrected chi connectivity index (χ3v) is 5.06. The van der Waals surface area contributed by atoms with Crippen LogP contribution in [0.25, 0.3) is 22.2 Å². The second kappa shape index (κ2) is 8.43. The van der Waals surface area contributed by atoms with Gasteiger partial charge in [0.1, 0.15) is 35.4 Å². The van der Waals surface area contributed by atoms with Gasteiger partial charge >= 0.3 is 0 Å². The summed E-state index contributed by atoms with van der Waals surface area (Å²) in [6.07, 6.45) is 3.01. The van der Waals surface area contributed by atoms with E-state index in [1.165, 1.54) is 18.5 Å². The second-order valence-corrected chi connectivity index (χ2v) is 7.24. The summed E-state index contributed by atoms with van der Waals surface area (Å²) in [5, 5.41) is 10.4. The van der Waals surface area contributed by atoms with Gasteiger partial charge in [-0.3, -0.25) is 4.98 Å². The fraction of sp³-hybridized carbons (Fsp3) is 0.174. The molecule has 0 atom stereocenters. The van der Waals surface area contributed by atoms with Gasteiger partial charge in [0, 0.05) is 32.2 Å². The van der Waals surface area contributed by atoms with E-state index in [2.05, 4.69) is 21.0 Å². The molecular weight excluding hydrogens is 407 g/mol. The van der Waals surface area contributed by atoms with Crippen molar-refractivity contribution >= 4 is 34.0 Å². The summed E-state index contributed by atoms with van der Waals surface area (Å²) in [6.45, 7) is 2.37. The third-order valence-electron chi connectivity index (χ3n) is 5.06. The first-order valence-electron chi connectivity index (χ1n) is 9.96. The molecule has 160 valence electrons. The fourth-order valence-electron chi connectivity index (χ4n) is 3.71. The first kappa shape index (κ1) is 20.9. The van der Waals surface area contributed by atoms with E-state index in [4.69, 9.17) is 10.7 Å². The normalized spacial score (nSPS) is 10.7. The Morgan fingerprint density at radius 1 is 1.09 bits per heavy atom. The van der Waals surface area contributed by atoms with Crippen LogP contribution in [-0.4, -0.2) is 40.6 Å². The van der Waals surface area contributed by atoms with E-state index < -0.39 is 0 Å². The van der Waals surface area contributed by atoms with Crippen molar-refractivity contribution in [3.05, 3.63) is 60.3 Å². The lowest BCUT2D eigenvalue weighted by molar-refractivity contribution is 0.629. The molecule has 0 amide bonds. The van der Waals surface area contributed by atoms with Crippen LogP contribution in [-0.2, 0) is 0 Å². The Bertz CT molecular complexity index is 1330. The van der Waals surface area contributed by atoms with Crippen LogP contribution >= 0.6 is 0 Å². The molecule has 0 fully saturated rings. The summed E-state index contributed by atoms with van der Waals surface area (Å²) in [4.78, 5) is 21.4. The highest BCUT2D eigenvalue weighted by molar-refractivity contribution is 6.04. The van der Waals surface area contributed by atoms with E-state index in [1.54, 1.807) is 17.2 Å². The molecule has 3 heterocycles. The topological polar surface area (TPSA) is 108 Å². The largest absolute Gasteiger partial charge is 0.382 e. The van der Waals surface area contributed by atoms with Gasteiger partial charge in [-0.05, 0) is 37.3 Å². The van der Waals surface area contributed by atoms with Crippen LogP contribution in [0, 0.1) is 17.1 Å². The zero-order chi connectivity index (χ0) is 22.8. The average molecular weight is 428 g/mol. The van der Waals surface area contributed by atoms with Gasteiger partial charge in [-0.1, -0.05) is 6.07 Å². The molecule has 0 bridgehead atoms. The molecule has 0 saturated heterocycles. The molecule has 8 nitrogen and oxygen atoms in total. The van der Waals surface area contributed by atoms with Crippen molar-refractivity contribution in [2.45, 2.75) is 6.92 Å². The zero-order valence-corrected chi connectivity index (χ0v) is 17.9. The van der Waals surface area contributed by atoms with E-state index >= 15 is 0 Å². The molecule has 9 heteroatoms. The van der Waals surface area contributed by atoms with Gasteiger partial charge in [-0.25, -0.2) is 19.3 Å². The van der Waals surface area contributed by atoms with E-state index in [1.807, 2.05) is 44.1 Å². The van der Waals surface area contributed by atoms with Crippen LogP contribution in [0.15, 0.2) is 48.9 Å². The Kier molecular flexibility index (Phi) is 5.52. The number of benzene rings is 1. The lowest BCUT2D eigenvalue weighted by Crippen LogP contribution is -2.23. The van der Waals surface area contributed by atoms with Crippen LogP contribution in [0.3, 0.4) is 0 Å². The quantitative estimate of drug-likeness (QED) is 0.510. The van der Waals surface area contributed by atoms with Gasteiger partial charge in [0.2, 0.25) is 0 Å². The SMILES string of the molecule is CCN(c1ncnc(N)c1C#N)c1nc2ccc(F)cc2c(N(C)C)c1-c1ccccn1.